The van der Waals surface area contributed by atoms with Crippen molar-refractivity contribution in [2.75, 3.05) is 6.54 Å². The Morgan fingerprint density at radius 2 is 2.24 bits per heavy atom. The fraction of sp³-hybridized carbons (Fsp3) is 0.250. The molecule has 1 aromatic heterocycles. The lowest BCUT2D eigenvalue weighted by Crippen LogP contribution is -2.00. The lowest BCUT2D eigenvalue weighted by molar-refractivity contribution is 0.499. The third-order valence-electron chi connectivity index (χ3n) is 2.37. The molecule has 0 radical (unpaired) electrons. The van der Waals surface area contributed by atoms with Gasteiger partial charge < -0.3 is 10.2 Å². The van der Waals surface area contributed by atoms with Gasteiger partial charge in [0.2, 0.25) is 0 Å². The van der Waals surface area contributed by atoms with Gasteiger partial charge >= 0.3 is 0 Å². The first-order valence-corrected chi connectivity index (χ1v) is 6.48. The van der Waals surface area contributed by atoms with Crippen molar-refractivity contribution in [2.45, 2.75) is 12.8 Å². The third kappa shape index (κ3) is 2.89. The molecule has 0 amide bonds. The number of nitrogens with zero attached hydrogens (tertiary/aromatic N) is 1. The van der Waals surface area contributed by atoms with Crippen LogP contribution in [0.3, 0.4) is 0 Å². The summed E-state index contributed by atoms with van der Waals surface area (Å²) in [7, 11) is 0. The first-order valence-electron chi connectivity index (χ1n) is 5.31. The summed E-state index contributed by atoms with van der Waals surface area (Å²) in [5, 5.41) is 0.633. The largest absolute Gasteiger partial charge is 0.441 e. The topological polar surface area (TPSA) is 52.0 Å². The van der Waals surface area contributed by atoms with Crippen molar-refractivity contribution in [2.24, 2.45) is 5.73 Å². The van der Waals surface area contributed by atoms with Crippen LogP contribution in [0.5, 0.6) is 0 Å². The van der Waals surface area contributed by atoms with Crippen molar-refractivity contribution in [3.05, 3.63) is 39.8 Å². The Hall–Kier alpha value is -0.840. The second-order valence-corrected chi connectivity index (χ2v) is 4.84. The molecule has 0 bridgehead atoms. The van der Waals surface area contributed by atoms with Gasteiger partial charge in [0.05, 0.1) is 11.2 Å². The summed E-state index contributed by atoms with van der Waals surface area (Å²) in [5.41, 5.74) is 6.28. The van der Waals surface area contributed by atoms with E-state index in [0.717, 1.165) is 22.9 Å². The van der Waals surface area contributed by atoms with Gasteiger partial charge in [0.1, 0.15) is 0 Å². The minimum atomic E-state index is 0.633. The highest BCUT2D eigenvalue weighted by Gasteiger charge is 2.11. The minimum Gasteiger partial charge on any atom is -0.441 e. The van der Waals surface area contributed by atoms with Crippen molar-refractivity contribution in [1.82, 2.24) is 4.98 Å². The van der Waals surface area contributed by atoms with E-state index in [1.165, 1.54) is 0 Å². The first-order chi connectivity index (χ1) is 8.22. The molecule has 0 spiro atoms. The minimum absolute atomic E-state index is 0.633. The summed E-state index contributed by atoms with van der Waals surface area (Å²) >= 11 is 9.57. The van der Waals surface area contributed by atoms with E-state index >= 15 is 0 Å². The van der Waals surface area contributed by atoms with Crippen LogP contribution in [0.1, 0.15) is 12.3 Å². The van der Waals surface area contributed by atoms with Gasteiger partial charge in [0.15, 0.2) is 11.7 Å². The highest BCUT2D eigenvalue weighted by molar-refractivity contribution is 9.10. The number of hydrogen-bond donors (Lipinski definition) is 1. The molecule has 90 valence electrons. The van der Waals surface area contributed by atoms with Crippen molar-refractivity contribution in [3.8, 4) is 11.3 Å². The molecule has 0 aliphatic carbocycles. The standard InChI is InChI=1S/C12H12BrClN2O/c13-9-4-1-3-8(12(9)14)10-7-16-11(17-10)5-2-6-15/h1,3-4,7H,2,5-6,15H2. The fourth-order valence-corrected chi connectivity index (χ4v) is 2.08. The monoisotopic (exact) mass is 314 g/mol. The zero-order chi connectivity index (χ0) is 12.3. The second kappa shape index (κ2) is 5.67. The summed E-state index contributed by atoms with van der Waals surface area (Å²) in [5.74, 6) is 1.38. The normalized spacial score (nSPS) is 10.8. The smallest absolute Gasteiger partial charge is 0.194 e. The highest BCUT2D eigenvalue weighted by Crippen LogP contribution is 2.33. The lowest BCUT2D eigenvalue weighted by atomic mass is 10.2. The predicted molar refractivity (Wildman–Crippen MR) is 72.0 cm³/mol. The molecule has 0 unspecified atom stereocenters. The van der Waals surface area contributed by atoms with E-state index in [4.69, 9.17) is 21.8 Å². The van der Waals surface area contributed by atoms with Crippen LogP contribution in [-0.4, -0.2) is 11.5 Å². The summed E-state index contributed by atoms with van der Waals surface area (Å²) in [4.78, 5) is 4.20. The van der Waals surface area contributed by atoms with Gasteiger partial charge in [0, 0.05) is 16.5 Å². The number of aryl methyl sites for hydroxylation is 1. The average Bonchev–Trinajstić information content (AvgIpc) is 2.78. The number of rotatable bonds is 4. The van der Waals surface area contributed by atoms with Gasteiger partial charge in [-0.15, -0.1) is 0 Å². The van der Waals surface area contributed by atoms with E-state index in [0.29, 0.717) is 23.2 Å². The first kappa shape index (κ1) is 12.6. The van der Waals surface area contributed by atoms with Gasteiger partial charge in [-0.1, -0.05) is 17.7 Å². The molecule has 3 nitrogen and oxygen atoms in total. The van der Waals surface area contributed by atoms with E-state index in [9.17, 15) is 0 Å². The molecule has 0 saturated carbocycles. The van der Waals surface area contributed by atoms with Crippen molar-refractivity contribution >= 4 is 27.5 Å². The van der Waals surface area contributed by atoms with E-state index in [1.54, 1.807) is 6.20 Å². The summed E-state index contributed by atoms with van der Waals surface area (Å²) in [6.07, 6.45) is 3.31. The Labute approximate surface area is 113 Å². The lowest BCUT2D eigenvalue weighted by Gasteiger charge is -2.01. The van der Waals surface area contributed by atoms with Gasteiger partial charge in [-0.25, -0.2) is 4.98 Å². The van der Waals surface area contributed by atoms with E-state index in [2.05, 4.69) is 20.9 Å². The molecule has 2 rings (SSSR count). The molecule has 1 heterocycles. The van der Waals surface area contributed by atoms with E-state index in [1.807, 2.05) is 18.2 Å². The molecular weight excluding hydrogens is 304 g/mol. The Morgan fingerprint density at radius 1 is 1.41 bits per heavy atom. The Kier molecular flexibility index (Phi) is 4.20. The predicted octanol–water partition coefficient (Wildman–Crippen LogP) is 3.65. The maximum absolute atomic E-state index is 6.19. The van der Waals surface area contributed by atoms with Crippen molar-refractivity contribution < 1.29 is 4.42 Å². The Bertz CT molecular complexity index is 513. The van der Waals surface area contributed by atoms with Crippen LogP contribution in [0.25, 0.3) is 11.3 Å². The molecule has 0 saturated heterocycles. The van der Waals surface area contributed by atoms with Crippen molar-refractivity contribution in [3.63, 3.8) is 0 Å². The zero-order valence-corrected chi connectivity index (χ0v) is 11.5. The number of halogens is 2. The molecule has 0 aliphatic heterocycles. The Morgan fingerprint density at radius 3 is 3.00 bits per heavy atom. The van der Waals surface area contributed by atoms with E-state index < -0.39 is 0 Å². The van der Waals surface area contributed by atoms with Crippen LogP contribution < -0.4 is 5.73 Å². The zero-order valence-electron chi connectivity index (χ0n) is 9.12. The summed E-state index contributed by atoms with van der Waals surface area (Å²) < 4.78 is 6.48. The van der Waals surface area contributed by atoms with Crippen LogP contribution in [0.15, 0.2) is 33.3 Å². The van der Waals surface area contributed by atoms with Crippen LogP contribution in [-0.2, 0) is 6.42 Å². The second-order valence-electron chi connectivity index (χ2n) is 3.61. The molecule has 5 heteroatoms. The number of benzene rings is 1. The number of nitrogens with two attached hydrogens (primary N) is 1. The van der Waals surface area contributed by atoms with Crippen LogP contribution in [0, 0.1) is 0 Å². The molecule has 2 aromatic rings. The summed E-state index contributed by atoms with van der Waals surface area (Å²) in [6, 6.07) is 5.70. The van der Waals surface area contributed by atoms with Crippen LogP contribution >= 0.6 is 27.5 Å². The van der Waals surface area contributed by atoms with Crippen molar-refractivity contribution in [1.29, 1.82) is 0 Å². The molecule has 2 N–H and O–H groups in total. The molecule has 0 fully saturated rings. The molecule has 1 aromatic carbocycles. The van der Waals surface area contributed by atoms with Crippen LogP contribution in [0.4, 0.5) is 0 Å². The highest BCUT2D eigenvalue weighted by atomic mass is 79.9. The fourth-order valence-electron chi connectivity index (χ4n) is 1.50. The average molecular weight is 316 g/mol. The SMILES string of the molecule is NCCCc1ncc(-c2cccc(Br)c2Cl)o1. The maximum atomic E-state index is 6.19. The summed E-state index contributed by atoms with van der Waals surface area (Å²) in [6.45, 7) is 0.634. The van der Waals surface area contributed by atoms with Gasteiger partial charge in [-0.3, -0.25) is 0 Å². The molecule has 17 heavy (non-hydrogen) atoms. The Balaban J connectivity index is 2.27. The van der Waals surface area contributed by atoms with Gasteiger partial charge in [0.25, 0.3) is 0 Å². The number of hydrogen-bond acceptors (Lipinski definition) is 3. The third-order valence-corrected chi connectivity index (χ3v) is 3.66. The van der Waals surface area contributed by atoms with Gasteiger partial charge in [-0.05, 0) is 41.0 Å². The van der Waals surface area contributed by atoms with Gasteiger partial charge in [-0.2, -0.15) is 0 Å². The molecule has 0 atom stereocenters. The maximum Gasteiger partial charge on any atom is 0.194 e. The van der Waals surface area contributed by atoms with Crippen LogP contribution in [0.2, 0.25) is 5.02 Å². The number of oxazole rings is 1. The van der Waals surface area contributed by atoms with E-state index in [-0.39, 0.29) is 0 Å². The number of aromatic nitrogens is 1. The molecular formula is C12H12BrClN2O. The molecule has 0 aliphatic rings. The quantitative estimate of drug-likeness (QED) is 0.937.